The molecular formula is C29H29N3O3S. The van der Waals surface area contributed by atoms with Crippen molar-refractivity contribution in [3.8, 4) is 17.2 Å². The number of thiophene rings is 1. The molecule has 36 heavy (non-hydrogen) atoms. The van der Waals surface area contributed by atoms with Gasteiger partial charge < -0.3 is 9.84 Å². The van der Waals surface area contributed by atoms with E-state index in [-0.39, 0.29) is 13.1 Å². The van der Waals surface area contributed by atoms with Gasteiger partial charge >= 0.3 is 5.69 Å². The van der Waals surface area contributed by atoms with Gasteiger partial charge in [-0.25, -0.2) is 9.78 Å². The van der Waals surface area contributed by atoms with Crippen LogP contribution in [0.4, 0.5) is 0 Å². The zero-order valence-corrected chi connectivity index (χ0v) is 20.2. The molecule has 1 N–H and O–H groups in total. The number of ether oxygens (including phenoxy) is 1. The summed E-state index contributed by atoms with van der Waals surface area (Å²) in [5.41, 5.74) is 2.54. The number of rotatable bonds is 5. The summed E-state index contributed by atoms with van der Waals surface area (Å²) in [5, 5.41) is 11.8. The van der Waals surface area contributed by atoms with Crippen molar-refractivity contribution in [2.75, 3.05) is 0 Å². The van der Waals surface area contributed by atoms with Crippen LogP contribution in [0.3, 0.4) is 0 Å². The molecule has 0 radical (unpaired) electrons. The number of hydrogen-bond acceptors (Lipinski definition) is 6. The van der Waals surface area contributed by atoms with Gasteiger partial charge in [0.15, 0.2) is 0 Å². The molecule has 0 saturated heterocycles. The van der Waals surface area contributed by atoms with Crippen molar-refractivity contribution in [1.82, 2.24) is 14.5 Å². The lowest BCUT2D eigenvalue weighted by atomic mass is 10.0. The number of benzene rings is 2. The van der Waals surface area contributed by atoms with Crippen LogP contribution in [-0.4, -0.2) is 19.6 Å². The number of para-hydroxylation sites is 1. The highest BCUT2D eigenvalue weighted by Gasteiger charge is 2.21. The number of nitrogens with zero attached hydrogens (tertiary/aromatic N) is 3. The minimum absolute atomic E-state index is 0. The van der Waals surface area contributed by atoms with Crippen molar-refractivity contribution in [2.45, 2.75) is 46.5 Å². The summed E-state index contributed by atoms with van der Waals surface area (Å²) < 4.78 is 8.26. The molecule has 1 saturated carbocycles. The first-order chi connectivity index (χ1) is 17.1. The van der Waals surface area contributed by atoms with Crippen LogP contribution in [0, 0.1) is 12.8 Å². The Hall–Kier alpha value is -3.71. The molecule has 0 amide bonds. The highest BCUT2D eigenvalue weighted by atomic mass is 32.1. The van der Waals surface area contributed by atoms with Crippen LogP contribution in [0.25, 0.3) is 32.7 Å². The van der Waals surface area contributed by atoms with E-state index >= 15 is 0 Å². The van der Waals surface area contributed by atoms with E-state index in [1.807, 2.05) is 61.5 Å². The summed E-state index contributed by atoms with van der Waals surface area (Å²) in [6, 6.07) is 17.1. The molecule has 3 heterocycles. The highest BCUT2D eigenvalue weighted by Crippen LogP contribution is 2.32. The van der Waals surface area contributed by atoms with Crippen molar-refractivity contribution in [2.24, 2.45) is 5.92 Å². The Kier molecular flexibility index (Phi) is 6.49. The molecule has 6 rings (SSSR count). The van der Waals surface area contributed by atoms with E-state index in [2.05, 4.69) is 9.97 Å². The molecule has 7 heteroatoms. The SMILES string of the molecule is C.Cc1cc(Oc2ccccc2)ccc1-n1c(=O)nc2c(=C(O)CC3CCCC3)sc3nccc1c32. The average Bonchev–Trinajstić information content (AvgIpc) is 3.50. The van der Waals surface area contributed by atoms with Crippen molar-refractivity contribution in [3.63, 3.8) is 0 Å². The summed E-state index contributed by atoms with van der Waals surface area (Å²) >= 11 is 1.41. The predicted octanol–water partition coefficient (Wildman–Crippen LogP) is 6.70. The first kappa shape index (κ1) is 24.0. The number of aromatic nitrogens is 3. The van der Waals surface area contributed by atoms with Crippen LogP contribution in [0.2, 0.25) is 0 Å². The fraction of sp³-hybridized carbons (Fsp3) is 0.276. The van der Waals surface area contributed by atoms with Gasteiger partial charge in [0.1, 0.15) is 27.6 Å². The van der Waals surface area contributed by atoms with Gasteiger partial charge in [0.2, 0.25) is 0 Å². The second kappa shape index (κ2) is 9.74. The van der Waals surface area contributed by atoms with Gasteiger partial charge in [-0.1, -0.05) is 51.3 Å². The largest absolute Gasteiger partial charge is 0.511 e. The van der Waals surface area contributed by atoms with Gasteiger partial charge in [-0.3, -0.25) is 4.57 Å². The predicted molar refractivity (Wildman–Crippen MR) is 146 cm³/mol. The zero-order valence-electron chi connectivity index (χ0n) is 19.4. The maximum atomic E-state index is 13.4. The van der Waals surface area contributed by atoms with Gasteiger partial charge in [-0.15, -0.1) is 11.3 Å². The Morgan fingerprint density at radius 2 is 1.89 bits per heavy atom. The molecule has 1 aliphatic rings. The molecule has 6 nitrogen and oxygen atoms in total. The van der Waals surface area contributed by atoms with Crippen molar-refractivity contribution in [1.29, 1.82) is 0 Å². The first-order valence-corrected chi connectivity index (χ1v) is 12.8. The Morgan fingerprint density at radius 3 is 2.64 bits per heavy atom. The van der Waals surface area contributed by atoms with E-state index in [0.29, 0.717) is 33.9 Å². The molecular weight excluding hydrogens is 470 g/mol. The zero-order chi connectivity index (χ0) is 23.9. The van der Waals surface area contributed by atoms with Gasteiger partial charge in [-0.2, -0.15) is 4.98 Å². The third-order valence-electron chi connectivity index (χ3n) is 6.79. The van der Waals surface area contributed by atoms with Crippen LogP contribution in [0.15, 0.2) is 65.6 Å². The molecule has 0 atom stereocenters. The number of pyridine rings is 1. The Labute approximate surface area is 213 Å². The quantitative estimate of drug-likeness (QED) is 0.291. The standard InChI is InChI=1S/C28H25N3O3S.CH4/c1-17-15-20(34-19-9-3-2-4-10-19)11-12-21(17)31-22-13-14-29-27-24(22)25(30-28(31)33)26(35-27)23(32)16-18-7-5-6-8-18;/h2-4,9-15,18,32H,5-8,16H2,1H3;1H4. The van der Waals surface area contributed by atoms with Crippen LogP contribution in [0.5, 0.6) is 11.5 Å². The summed E-state index contributed by atoms with van der Waals surface area (Å²) in [7, 11) is 0. The number of aliphatic hydroxyl groups is 1. The fourth-order valence-electron chi connectivity index (χ4n) is 5.11. The van der Waals surface area contributed by atoms with Crippen LogP contribution < -0.4 is 15.0 Å². The number of hydrogen-bond donors (Lipinski definition) is 1. The van der Waals surface area contributed by atoms with E-state index in [9.17, 15) is 9.90 Å². The van der Waals surface area contributed by atoms with Gasteiger partial charge in [-0.05, 0) is 54.8 Å². The normalized spacial score (nSPS) is 14.8. The molecule has 184 valence electrons. The monoisotopic (exact) mass is 499 g/mol. The van der Waals surface area contributed by atoms with E-state index in [1.165, 1.54) is 24.2 Å². The minimum Gasteiger partial charge on any atom is -0.511 e. The second-order valence-electron chi connectivity index (χ2n) is 9.18. The van der Waals surface area contributed by atoms with E-state index in [1.54, 1.807) is 10.8 Å². The highest BCUT2D eigenvalue weighted by molar-refractivity contribution is 7.17. The smallest absolute Gasteiger partial charge is 0.353 e. The van der Waals surface area contributed by atoms with Gasteiger partial charge in [0.25, 0.3) is 0 Å². The van der Waals surface area contributed by atoms with E-state index in [0.717, 1.165) is 45.6 Å². The molecule has 1 fully saturated rings. The van der Waals surface area contributed by atoms with Gasteiger partial charge in [0, 0.05) is 12.6 Å². The average molecular weight is 500 g/mol. The lowest BCUT2D eigenvalue weighted by molar-refractivity contribution is 0.433. The Balaban J connectivity index is 0.00000267. The summed E-state index contributed by atoms with van der Waals surface area (Å²) in [5.74, 6) is 2.27. The minimum atomic E-state index is -0.377. The molecule has 0 spiro atoms. The number of aryl methyl sites for hydroxylation is 1. The van der Waals surface area contributed by atoms with E-state index < -0.39 is 0 Å². The molecule has 3 aromatic heterocycles. The lowest BCUT2D eigenvalue weighted by Crippen LogP contribution is -2.24. The third-order valence-corrected chi connectivity index (χ3v) is 7.93. The van der Waals surface area contributed by atoms with Crippen LogP contribution in [0.1, 0.15) is 45.1 Å². The molecule has 0 bridgehead atoms. The molecule has 5 aromatic rings. The van der Waals surface area contributed by atoms with Crippen molar-refractivity contribution in [3.05, 3.63) is 81.4 Å². The van der Waals surface area contributed by atoms with Crippen LogP contribution in [-0.2, 0) is 0 Å². The topological polar surface area (TPSA) is 77.2 Å². The summed E-state index contributed by atoms with van der Waals surface area (Å²) in [4.78, 5) is 23.1. The summed E-state index contributed by atoms with van der Waals surface area (Å²) in [6.07, 6.45) is 7.06. The third kappa shape index (κ3) is 4.24. The Morgan fingerprint density at radius 1 is 1.11 bits per heavy atom. The van der Waals surface area contributed by atoms with Crippen molar-refractivity contribution >= 4 is 38.3 Å². The maximum Gasteiger partial charge on any atom is 0.353 e. The molecule has 2 aromatic carbocycles. The second-order valence-corrected chi connectivity index (χ2v) is 10.2. The molecule has 1 aliphatic carbocycles. The van der Waals surface area contributed by atoms with E-state index in [4.69, 9.17) is 4.74 Å². The summed E-state index contributed by atoms with van der Waals surface area (Å²) in [6.45, 7) is 1.95. The fourth-order valence-corrected chi connectivity index (χ4v) is 6.16. The lowest BCUT2D eigenvalue weighted by Gasteiger charge is -2.14. The number of aliphatic hydroxyl groups excluding tert-OH is 1. The Bertz CT molecular complexity index is 1650. The molecule has 0 unspecified atom stereocenters. The van der Waals surface area contributed by atoms with Gasteiger partial charge in [0.05, 0.1) is 21.1 Å². The first-order valence-electron chi connectivity index (χ1n) is 11.9. The molecule has 0 aliphatic heterocycles. The van der Waals surface area contributed by atoms with Crippen molar-refractivity contribution < 1.29 is 9.84 Å². The maximum absolute atomic E-state index is 13.4. The van der Waals surface area contributed by atoms with Crippen LogP contribution >= 0.6 is 11.3 Å².